The largest absolute Gasteiger partial charge is 0.507 e. The molecule has 4 nitrogen and oxygen atoms in total. The molecule has 2 unspecified atom stereocenters. The number of hydrogen-bond donors (Lipinski definition) is 3. The van der Waals surface area contributed by atoms with Crippen LogP contribution in [-0.2, 0) is 4.79 Å². The third kappa shape index (κ3) is 7.84. The zero-order valence-corrected chi connectivity index (χ0v) is 29.8. The number of Topliss-reactive ketones (excluding diaryl/α,β-unsaturated/α-hetero) is 1. The summed E-state index contributed by atoms with van der Waals surface area (Å²) in [6.07, 6.45) is 0.405. The molecule has 0 saturated heterocycles. The smallest absolute Gasteiger partial charge is 0.148 e. The van der Waals surface area contributed by atoms with E-state index in [1.54, 1.807) is 0 Å². The van der Waals surface area contributed by atoms with E-state index >= 15 is 0 Å². The van der Waals surface area contributed by atoms with Crippen molar-refractivity contribution in [3.05, 3.63) is 146 Å². The molecule has 0 fully saturated rings. The van der Waals surface area contributed by atoms with Gasteiger partial charge in [-0.05, 0) is 52.9 Å². The molecule has 0 bridgehead atoms. The fraction of sp³-hybridized carbons (Fsp3) is 0.159. The minimum Gasteiger partial charge on any atom is -0.507 e. The Morgan fingerprint density at radius 2 is 0.900 bits per heavy atom. The van der Waals surface area contributed by atoms with Crippen molar-refractivity contribution < 1.29 is 20.1 Å². The number of ketones is 1. The molecule has 3 N–H and O–H groups in total. The van der Waals surface area contributed by atoms with E-state index in [0.717, 1.165) is 32.0 Å². The van der Waals surface area contributed by atoms with Crippen molar-refractivity contribution in [3.8, 4) is 56.0 Å². The average molecular weight is 697 g/mol. The highest BCUT2D eigenvalue weighted by Crippen LogP contribution is 2.44. The number of carbonyl (C=O) groups is 1. The summed E-state index contributed by atoms with van der Waals surface area (Å²) in [6.45, 7) is 3.73. The molecule has 0 radical (unpaired) electrons. The Morgan fingerprint density at radius 3 is 1.22 bits per heavy atom. The van der Waals surface area contributed by atoms with Crippen molar-refractivity contribution in [2.45, 2.75) is 35.7 Å². The molecule has 6 aromatic carbocycles. The molecule has 6 aromatic rings. The highest BCUT2D eigenvalue weighted by molar-refractivity contribution is 8.00. The predicted octanol–water partition coefficient (Wildman–Crippen LogP) is 11.0. The second-order valence-corrected chi connectivity index (χ2v) is 14.5. The van der Waals surface area contributed by atoms with E-state index in [0.29, 0.717) is 34.4 Å². The van der Waals surface area contributed by atoms with Crippen LogP contribution in [-0.4, -0.2) is 38.2 Å². The maximum atomic E-state index is 13.8. The number of aliphatic hydroxyl groups is 1. The summed E-state index contributed by atoms with van der Waals surface area (Å²) in [4.78, 5) is 15.5. The second kappa shape index (κ2) is 15.9. The molecule has 252 valence electrons. The first-order valence-electron chi connectivity index (χ1n) is 16.7. The van der Waals surface area contributed by atoms with Crippen LogP contribution in [0.5, 0.6) is 11.5 Å². The Kier molecular flexibility index (Phi) is 11.1. The number of hydrogen-bond acceptors (Lipinski definition) is 6. The van der Waals surface area contributed by atoms with Crippen molar-refractivity contribution in [1.29, 1.82) is 0 Å². The first-order chi connectivity index (χ1) is 24.3. The quantitative estimate of drug-likeness (QED) is 0.104. The zero-order valence-electron chi connectivity index (χ0n) is 28.1. The molecule has 0 aliphatic rings. The summed E-state index contributed by atoms with van der Waals surface area (Å²) in [5, 5.41) is 34.6. The topological polar surface area (TPSA) is 77.8 Å². The van der Waals surface area contributed by atoms with Gasteiger partial charge in [0, 0.05) is 43.7 Å². The van der Waals surface area contributed by atoms with Gasteiger partial charge >= 0.3 is 0 Å². The fourth-order valence-electron chi connectivity index (χ4n) is 6.05. The summed E-state index contributed by atoms with van der Waals surface area (Å²) in [5.41, 5.74) is 5.17. The highest BCUT2D eigenvalue weighted by atomic mass is 32.2. The lowest BCUT2D eigenvalue weighted by atomic mass is 9.85. The number of rotatable bonds is 13. The molecule has 0 aliphatic carbocycles. The number of phenolic OH excluding ortho intramolecular Hbond substituents is 2. The van der Waals surface area contributed by atoms with Crippen molar-refractivity contribution in [1.82, 2.24) is 0 Å². The second-order valence-electron chi connectivity index (χ2n) is 12.4. The van der Waals surface area contributed by atoms with Crippen LogP contribution in [0.4, 0.5) is 0 Å². The number of phenols is 2. The van der Waals surface area contributed by atoms with Gasteiger partial charge in [-0.2, -0.15) is 0 Å². The molecule has 2 atom stereocenters. The molecular formula is C44H40O4S2. The van der Waals surface area contributed by atoms with Crippen LogP contribution in [0.2, 0.25) is 0 Å². The molecule has 0 heterocycles. The van der Waals surface area contributed by atoms with Crippen LogP contribution in [0.3, 0.4) is 0 Å². The lowest BCUT2D eigenvalue weighted by Gasteiger charge is -2.32. The Labute approximate surface area is 302 Å². The van der Waals surface area contributed by atoms with Crippen LogP contribution < -0.4 is 0 Å². The minimum atomic E-state index is -1.25. The molecular weight excluding hydrogens is 657 g/mol. The number of benzene rings is 6. The Balaban J connectivity index is 1.22. The van der Waals surface area contributed by atoms with Gasteiger partial charge < -0.3 is 15.3 Å². The first kappa shape index (κ1) is 35.1. The van der Waals surface area contributed by atoms with Gasteiger partial charge in [0.25, 0.3) is 0 Å². The summed E-state index contributed by atoms with van der Waals surface area (Å²) >= 11 is 2.91. The molecule has 0 aliphatic heterocycles. The standard InChI is InChI=1S/C44H40O4S2/c1-3-44(48,29-50-36-26-39(33-20-12-6-13-21-33)43(47)40(27-36)34-22-14-7-15-23-34)30(2)41(45)28-49-35-24-37(31-16-8-4-9-17-31)42(46)38(25-35)32-18-10-5-11-19-32/h4-27,30,46-48H,3,28-29H2,1-2H3. The van der Waals surface area contributed by atoms with Crippen LogP contribution >= 0.6 is 23.5 Å². The van der Waals surface area contributed by atoms with Crippen LogP contribution in [0, 0.1) is 5.92 Å². The molecule has 0 amide bonds. The average Bonchev–Trinajstić information content (AvgIpc) is 3.17. The summed E-state index contributed by atoms with van der Waals surface area (Å²) in [6, 6.07) is 46.8. The monoisotopic (exact) mass is 696 g/mol. The van der Waals surface area contributed by atoms with Gasteiger partial charge in [0.2, 0.25) is 0 Å². The van der Waals surface area contributed by atoms with Gasteiger partial charge in [-0.3, -0.25) is 4.79 Å². The van der Waals surface area contributed by atoms with Crippen LogP contribution in [0.25, 0.3) is 44.5 Å². The molecule has 50 heavy (non-hydrogen) atoms. The van der Waals surface area contributed by atoms with Crippen molar-refractivity contribution in [2.75, 3.05) is 11.5 Å². The predicted molar refractivity (Wildman–Crippen MR) is 209 cm³/mol. The van der Waals surface area contributed by atoms with Gasteiger partial charge in [-0.15, -0.1) is 23.5 Å². The third-order valence-corrected chi connectivity index (χ3v) is 11.5. The van der Waals surface area contributed by atoms with Gasteiger partial charge in [0.1, 0.15) is 17.3 Å². The minimum absolute atomic E-state index is 0.0452. The van der Waals surface area contributed by atoms with Crippen LogP contribution in [0.1, 0.15) is 20.3 Å². The summed E-state index contributed by atoms with van der Waals surface area (Å²) < 4.78 is 0. The lowest BCUT2D eigenvalue weighted by molar-refractivity contribution is -0.127. The van der Waals surface area contributed by atoms with E-state index in [9.17, 15) is 20.1 Å². The van der Waals surface area contributed by atoms with E-state index in [1.165, 1.54) is 23.5 Å². The highest BCUT2D eigenvalue weighted by Gasteiger charge is 2.36. The normalized spacial score (nSPS) is 13.0. The maximum absolute atomic E-state index is 13.8. The number of thioether (sulfide) groups is 2. The first-order valence-corrected chi connectivity index (χ1v) is 18.7. The van der Waals surface area contributed by atoms with Crippen LogP contribution in [0.15, 0.2) is 155 Å². The molecule has 0 spiro atoms. The Hall–Kier alpha value is -4.75. The SMILES string of the molecule is CCC(O)(CSc1cc(-c2ccccc2)c(O)c(-c2ccccc2)c1)C(C)C(=O)CSc1cc(-c2ccccc2)c(O)c(-c2ccccc2)c1. The van der Waals surface area contributed by atoms with E-state index < -0.39 is 11.5 Å². The van der Waals surface area contributed by atoms with Gasteiger partial charge in [-0.1, -0.05) is 135 Å². The lowest BCUT2D eigenvalue weighted by Crippen LogP contribution is -2.43. The number of carbonyl (C=O) groups excluding carboxylic acids is 1. The molecule has 6 heteroatoms. The summed E-state index contributed by atoms with van der Waals surface area (Å²) in [5.74, 6) is 0.227. The number of aromatic hydroxyl groups is 2. The molecule has 0 saturated carbocycles. The van der Waals surface area contributed by atoms with E-state index in [-0.39, 0.29) is 23.0 Å². The van der Waals surface area contributed by atoms with E-state index in [2.05, 4.69) is 0 Å². The third-order valence-electron chi connectivity index (χ3n) is 9.28. The van der Waals surface area contributed by atoms with Gasteiger partial charge in [0.15, 0.2) is 0 Å². The maximum Gasteiger partial charge on any atom is 0.148 e. The molecule has 6 rings (SSSR count). The summed E-state index contributed by atoms with van der Waals surface area (Å²) in [7, 11) is 0. The van der Waals surface area contributed by atoms with E-state index in [1.807, 2.05) is 159 Å². The molecule has 0 aromatic heterocycles. The fourth-order valence-corrected chi connectivity index (χ4v) is 8.29. The Bertz CT molecular complexity index is 1930. The van der Waals surface area contributed by atoms with Gasteiger partial charge in [-0.25, -0.2) is 0 Å². The van der Waals surface area contributed by atoms with E-state index in [4.69, 9.17) is 0 Å². The van der Waals surface area contributed by atoms with Crippen molar-refractivity contribution in [3.63, 3.8) is 0 Å². The van der Waals surface area contributed by atoms with Crippen molar-refractivity contribution in [2.24, 2.45) is 5.92 Å². The Morgan fingerprint density at radius 1 is 0.580 bits per heavy atom. The van der Waals surface area contributed by atoms with Crippen molar-refractivity contribution >= 4 is 29.3 Å². The zero-order chi connectivity index (χ0) is 35.1. The van der Waals surface area contributed by atoms with Gasteiger partial charge in [0.05, 0.1) is 11.4 Å².